The molecule has 2 fully saturated rings. The van der Waals surface area contributed by atoms with E-state index in [1.54, 1.807) is 0 Å². The maximum atomic E-state index is 11.3. The van der Waals surface area contributed by atoms with Crippen LogP contribution in [0.4, 0.5) is 0 Å². The first-order valence-corrected chi connectivity index (χ1v) is 5.22. The zero-order valence-corrected chi connectivity index (χ0v) is 8.16. The van der Waals surface area contributed by atoms with Crippen LogP contribution in [-0.2, 0) is 9.53 Å². The fourth-order valence-corrected chi connectivity index (χ4v) is 1.72. The lowest BCUT2D eigenvalue weighted by molar-refractivity contribution is -0.144. The molecule has 0 atom stereocenters. The largest absolute Gasteiger partial charge is 0.465 e. The van der Waals surface area contributed by atoms with E-state index in [9.17, 15) is 4.79 Å². The summed E-state index contributed by atoms with van der Waals surface area (Å²) in [5, 5.41) is 0. The van der Waals surface area contributed by atoms with Crippen molar-refractivity contribution in [3.05, 3.63) is 0 Å². The molecule has 3 nitrogen and oxygen atoms in total. The molecule has 2 saturated carbocycles. The van der Waals surface area contributed by atoms with Gasteiger partial charge in [-0.25, -0.2) is 0 Å². The van der Waals surface area contributed by atoms with Gasteiger partial charge in [0.1, 0.15) is 0 Å². The third kappa shape index (κ3) is 2.44. The lowest BCUT2D eigenvalue weighted by atomic mass is 10.4. The molecule has 0 heterocycles. The van der Waals surface area contributed by atoms with E-state index in [2.05, 4.69) is 4.90 Å². The Morgan fingerprint density at radius 3 is 2.23 bits per heavy atom. The molecule has 0 amide bonds. The van der Waals surface area contributed by atoms with Crippen LogP contribution in [0.2, 0.25) is 0 Å². The fraction of sp³-hybridized carbons (Fsp3) is 0.900. The van der Waals surface area contributed by atoms with Crippen molar-refractivity contribution in [1.29, 1.82) is 0 Å². The van der Waals surface area contributed by atoms with E-state index < -0.39 is 0 Å². The van der Waals surface area contributed by atoms with Crippen LogP contribution in [0.1, 0.15) is 32.6 Å². The topological polar surface area (TPSA) is 29.5 Å². The van der Waals surface area contributed by atoms with Crippen molar-refractivity contribution in [3.63, 3.8) is 0 Å². The minimum absolute atomic E-state index is 0.0544. The molecule has 0 saturated heterocycles. The highest BCUT2D eigenvalue weighted by atomic mass is 16.5. The van der Waals surface area contributed by atoms with Crippen LogP contribution in [0, 0.1) is 0 Å². The Morgan fingerprint density at radius 2 is 1.85 bits per heavy atom. The highest BCUT2D eigenvalue weighted by Gasteiger charge is 2.40. The predicted molar refractivity (Wildman–Crippen MR) is 49.4 cm³/mol. The van der Waals surface area contributed by atoms with Gasteiger partial charge in [-0.1, -0.05) is 0 Å². The number of carbonyl (C=O) groups excluding carboxylic acids is 1. The third-order valence-electron chi connectivity index (χ3n) is 2.65. The number of esters is 1. The summed E-state index contributed by atoms with van der Waals surface area (Å²) in [5.74, 6) is -0.0544. The van der Waals surface area contributed by atoms with Crippen LogP contribution < -0.4 is 0 Å². The van der Waals surface area contributed by atoms with Gasteiger partial charge in [-0.2, -0.15) is 0 Å². The second-order valence-corrected chi connectivity index (χ2v) is 3.94. The van der Waals surface area contributed by atoms with Crippen LogP contribution >= 0.6 is 0 Å². The van der Waals surface area contributed by atoms with Crippen molar-refractivity contribution in [3.8, 4) is 0 Å². The molecule has 0 radical (unpaired) electrons. The fourth-order valence-electron chi connectivity index (χ4n) is 1.72. The molecule has 0 bridgehead atoms. The van der Waals surface area contributed by atoms with Gasteiger partial charge in [0, 0.05) is 12.1 Å². The SMILES string of the molecule is CCOC(=O)CN(C1CC1)C1CC1. The standard InChI is InChI=1S/C10H17NO2/c1-2-13-10(12)7-11(8-3-4-8)9-5-6-9/h8-9H,2-7H2,1H3. The molecule has 0 aliphatic heterocycles. The van der Waals surface area contributed by atoms with E-state index in [4.69, 9.17) is 4.74 Å². The predicted octanol–water partition coefficient (Wildman–Crippen LogP) is 1.18. The maximum Gasteiger partial charge on any atom is 0.320 e. The van der Waals surface area contributed by atoms with Crippen LogP contribution in [0.25, 0.3) is 0 Å². The summed E-state index contributed by atoms with van der Waals surface area (Å²) in [5.41, 5.74) is 0. The van der Waals surface area contributed by atoms with Gasteiger partial charge in [0.25, 0.3) is 0 Å². The summed E-state index contributed by atoms with van der Waals surface area (Å²) >= 11 is 0. The quantitative estimate of drug-likeness (QED) is 0.599. The van der Waals surface area contributed by atoms with Crippen molar-refractivity contribution >= 4 is 5.97 Å². The molecular weight excluding hydrogens is 166 g/mol. The molecule has 2 aliphatic rings. The molecule has 0 aromatic rings. The second kappa shape index (κ2) is 3.66. The van der Waals surface area contributed by atoms with E-state index in [0.717, 1.165) is 0 Å². The van der Waals surface area contributed by atoms with Gasteiger partial charge in [-0.3, -0.25) is 9.69 Å². The first kappa shape index (κ1) is 9.00. The molecule has 0 unspecified atom stereocenters. The minimum Gasteiger partial charge on any atom is -0.465 e. The lowest BCUT2D eigenvalue weighted by Gasteiger charge is -2.19. The summed E-state index contributed by atoms with van der Waals surface area (Å²) in [6, 6.07) is 1.38. The first-order chi connectivity index (χ1) is 6.31. The Hall–Kier alpha value is -0.570. The highest BCUT2D eigenvalue weighted by molar-refractivity contribution is 5.71. The molecule has 0 spiro atoms. The highest BCUT2D eigenvalue weighted by Crippen LogP contribution is 2.36. The average Bonchev–Trinajstić information content (AvgIpc) is 2.95. The van der Waals surface area contributed by atoms with Crippen molar-refractivity contribution < 1.29 is 9.53 Å². The van der Waals surface area contributed by atoms with Gasteiger partial charge in [-0.15, -0.1) is 0 Å². The third-order valence-corrected chi connectivity index (χ3v) is 2.65. The van der Waals surface area contributed by atoms with Gasteiger partial charge in [0.05, 0.1) is 13.2 Å². The van der Waals surface area contributed by atoms with E-state index in [1.807, 2.05) is 6.92 Å². The van der Waals surface area contributed by atoms with Crippen LogP contribution in [0.3, 0.4) is 0 Å². The van der Waals surface area contributed by atoms with Crippen molar-refractivity contribution in [2.45, 2.75) is 44.7 Å². The van der Waals surface area contributed by atoms with E-state index >= 15 is 0 Å². The summed E-state index contributed by atoms with van der Waals surface area (Å²) in [4.78, 5) is 13.6. The lowest BCUT2D eigenvalue weighted by Crippen LogP contribution is -2.34. The molecule has 13 heavy (non-hydrogen) atoms. The van der Waals surface area contributed by atoms with E-state index in [-0.39, 0.29) is 5.97 Å². The van der Waals surface area contributed by atoms with Crippen LogP contribution in [-0.4, -0.2) is 36.1 Å². The zero-order valence-electron chi connectivity index (χ0n) is 8.16. The summed E-state index contributed by atoms with van der Waals surface area (Å²) in [6.07, 6.45) is 5.09. The van der Waals surface area contributed by atoms with Crippen LogP contribution in [0.5, 0.6) is 0 Å². The minimum atomic E-state index is -0.0544. The Morgan fingerprint density at radius 1 is 1.31 bits per heavy atom. The van der Waals surface area contributed by atoms with Crippen LogP contribution in [0.15, 0.2) is 0 Å². The zero-order chi connectivity index (χ0) is 9.26. The Bertz CT molecular complexity index is 185. The smallest absolute Gasteiger partial charge is 0.320 e. The first-order valence-electron chi connectivity index (χ1n) is 5.22. The molecular formula is C10H17NO2. The molecule has 2 rings (SSSR count). The number of carbonyl (C=O) groups is 1. The Labute approximate surface area is 79.0 Å². The molecule has 0 N–H and O–H groups in total. The number of rotatable bonds is 5. The van der Waals surface area contributed by atoms with Gasteiger partial charge in [0.15, 0.2) is 0 Å². The second-order valence-electron chi connectivity index (χ2n) is 3.94. The number of hydrogen-bond donors (Lipinski definition) is 0. The summed E-state index contributed by atoms with van der Waals surface area (Å²) in [7, 11) is 0. The van der Waals surface area contributed by atoms with Gasteiger partial charge < -0.3 is 4.74 Å². The van der Waals surface area contributed by atoms with Gasteiger partial charge >= 0.3 is 5.97 Å². The number of nitrogens with zero attached hydrogens (tertiary/aromatic N) is 1. The number of hydrogen-bond acceptors (Lipinski definition) is 3. The normalized spacial score (nSPS) is 22.0. The monoisotopic (exact) mass is 183 g/mol. The maximum absolute atomic E-state index is 11.3. The summed E-state index contributed by atoms with van der Waals surface area (Å²) < 4.78 is 4.95. The van der Waals surface area contributed by atoms with E-state index in [1.165, 1.54) is 25.7 Å². The van der Waals surface area contributed by atoms with E-state index in [0.29, 0.717) is 25.2 Å². The number of ether oxygens (including phenoxy) is 1. The van der Waals surface area contributed by atoms with Gasteiger partial charge in [-0.05, 0) is 32.6 Å². The molecule has 2 aliphatic carbocycles. The molecule has 0 aromatic heterocycles. The van der Waals surface area contributed by atoms with Gasteiger partial charge in [0.2, 0.25) is 0 Å². The molecule has 3 heteroatoms. The summed E-state index contributed by atoms with van der Waals surface area (Å²) in [6.45, 7) is 2.88. The average molecular weight is 183 g/mol. The molecule has 74 valence electrons. The van der Waals surface area contributed by atoms with Crippen molar-refractivity contribution in [1.82, 2.24) is 4.90 Å². The Balaban J connectivity index is 1.78. The van der Waals surface area contributed by atoms with Crippen molar-refractivity contribution in [2.75, 3.05) is 13.2 Å². The molecule has 0 aromatic carbocycles. The van der Waals surface area contributed by atoms with Crippen molar-refractivity contribution in [2.24, 2.45) is 0 Å². The Kier molecular flexibility index (Phi) is 2.54.